The number of nitrogens with zero attached hydrogens (tertiary/aromatic N) is 3. The SMILES string of the molecule is O=C(NCc1ccc(F)cc1)c1nccnc1C(=O)N1CCC(C(=O)c2ccccc2)CC1. The third kappa shape index (κ3) is 5.28. The van der Waals surface area contributed by atoms with Gasteiger partial charge in [0.05, 0.1) is 0 Å². The lowest BCUT2D eigenvalue weighted by molar-refractivity contribution is 0.0641. The van der Waals surface area contributed by atoms with Gasteiger partial charge in [-0.3, -0.25) is 14.4 Å². The van der Waals surface area contributed by atoms with Crippen molar-refractivity contribution in [1.82, 2.24) is 20.2 Å². The quantitative estimate of drug-likeness (QED) is 0.587. The Hall–Kier alpha value is -3.94. The first-order chi connectivity index (χ1) is 16.0. The fourth-order valence-electron chi connectivity index (χ4n) is 3.86. The molecule has 2 aromatic carbocycles. The van der Waals surface area contributed by atoms with Gasteiger partial charge in [-0.1, -0.05) is 42.5 Å². The second-order valence-corrected chi connectivity index (χ2v) is 7.86. The van der Waals surface area contributed by atoms with Crippen molar-refractivity contribution >= 4 is 17.6 Å². The summed E-state index contributed by atoms with van der Waals surface area (Å²) < 4.78 is 13.1. The monoisotopic (exact) mass is 446 g/mol. The molecule has 1 fully saturated rings. The summed E-state index contributed by atoms with van der Waals surface area (Å²) in [6.45, 7) is 0.959. The predicted octanol–water partition coefficient (Wildman–Crippen LogP) is 3.28. The Morgan fingerprint density at radius 2 is 1.55 bits per heavy atom. The summed E-state index contributed by atoms with van der Waals surface area (Å²) in [6, 6.07) is 14.9. The Balaban J connectivity index is 1.39. The van der Waals surface area contributed by atoms with Gasteiger partial charge in [-0.25, -0.2) is 14.4 Å². The number of rotatable bonds is 6. The minimum absolute atomic E-state index is 0.0260. The third-order valence-corrected chi connectivity index (χ3v) is 5.69. The highest BCUT2D eigenvalue weighted by Crippen LogP contribution is 2.23. The van der Waals surface area contributed by atoms with Crippen LogP contribution in [0.15, 0.2) is 67.0 Å². The van der Waals surface area contributed by atoms with Crippen molar-refractivity contribution in [2.24, 2.45) is 5.92 Å². The summed E-state index contributed by atoms with van der Waals surface area (Å²) in [4.78, 5) is 48.3. The van der Waals surface area contributed by atoms with Crippen LogP contribution in [0.5, 0.6) is 0 Å². The van der Waals surface area contributed by atoms with Crippen LogP contribution in [-0.4, -0.2) is 45.6 Å². The fourth-order valence-corrected chi connectivity index (χ4v) is 3.86. The van der Waals surface area contributed by atoms with Gasteiger partial charge in [-0.15, -0.1) is 0 Å². The molecule has 4 rings (SSSR count). The van der Waals surface area contributed by atoms with E-state index in [1.165, 1.54) is 24.5 Å². The van der Waals surface area contributed by atoms with Gasteiger partial charge in [0, 0.05) is 43.5 Å². The van der Waals surface area contributed by atoms with E-state index in [0.29, 0.717) is 37.1 Å². The van der Waals surface area contributed by atoms with Crippen molar-refractivity contribution in [3.63, 3.8) is 0 Å². The van der Waals surface area contributed by atoms with Crippen molar-refractivity contribution in [3.05, 3.63) is 95.3 Å². The van der Waals surface area contributed by atoms with Crippen LogP contribution in [0.1, 0.15) is 49.7 Å². The third-order valence-electron chi connectivity index (χ3n) is 5.69. The highest BCUT2D eigenvalue weighted by molar-refractivity contribution is 6.04. The lowest BCUT2D eigenvalue weighted by atomic mass is 9.89. The van der Waals surface area contributed by atoms with Crippen molar-refractivity contribution in [1.29, 1.82) is 0 Å². The highest BCUT2D eigenvalue weighted by atomic mass is 19.1. The Morgan fingerprint density at radius 1 is 0.909 bits per heavy atom. The second-order valence-electron chi connectivity index (χ2n) is 7.86. The van der Waals surface area contributed by atoms with Gasteiger partial charge in [-0.2, -0.15) is 0 Å². The number of ketones is 1. The van der Waals surface area contributed by atoms with Gasteiger partial charge in [0.25, 0.3) is 11.8 Å². The van der Waals surface area contributed by atoms with Crippen LogP contribution in [0.3, 0.4) is 0 Å². The van der Waals surface area contributed by atoms with Gasteiger partial charge in [-0.05, 0) is 30.5 Å². The number of benzene rings is 2. The van der Waals surface area contributed by atoms with Gasteiger partial charge in [0.15, 0.2) is 17.2 Å². The van der Waals surface area contributed by atoms with Gasteiger partial charge in [0.1, 0.15) is 5.82 Å². The molecular formula is C25H23FN4O3. The number of Topliss-reactive ketones (excluding diaryl/α,β-unsaturated/α-hetero) is 1. The van der Waals surface area contributed by atoms with Crippen molar-refractivity contribution < 1.29 is 18.8 Å². The van der Waals surface area contributed by atoms with Crippen LogP contribution in [-0.2, 0) is 6.54 Å². The number of hydrogen-bond acceptors (Lipinski definition) is 5. The zero-order valence-corrected chi connectivity index (χ0v) is 17.9. The fraction of sp³-hybridized carbons (Fsp3) is 0.240. The van der Waals surface area contributed by atoms with Crippen molar-refractivity contribution in [3.8, 4) is 0 Å². The molecule has 0 saturated carbocycles. The first-order valence-corrected chi connectivity index (χ1v) is 10.7. The van der Waals surface area contributed by atoms with E-state index in [-0.39, 0.29) is 41.4 Å². The maximum absolute atomic E-state index is 13.1. The molecule has 7 nitrogen and oxygen atoms in total. The zero-order chi connectivity index (χ0) is 23.2. The summed E-state index contributed by atoms with van der Waals surface area (Å²) >= 11 is 0. The van der Waals surface area contributed by atoms with Crippen LogP contribution >= 0.6 is 0 Å². The molecule has 0 bridgehead atoms. The van der Waals surface area contributed by atoms with Gasteiger partial charge < -0.3 is 10.2 Å². The minimum Gasteiger partial charge on any atom is -0.347 e. The Labute approximate surface area is 190 Å². The van der Waals surface area contributed by atoms with E-state index in [9.17, 15) is 18.8 Å². The maximum Gasteiger partial charge on any atom is 0.274 e. The number of amides is 2. The van der Waals surface area contributed by atoms with E-state index in [0.717, 1.165) is 0 Å². The van der Waals surface area contributed by atoms with Crippen molar-refractivity contribution in [2.75, 3.05) is 13.1 Å². The average molecular weight is 446 g/mol. The largest absolute Gasteiger partial charge is 0.347 e. The van der Waals surface area contributed by atoms with E-state index in [4.69, 9.17) is 0 Å². The summed E-state index contributed by atoms with van der Waals surface area (Å²) in [7, 11) is 0. The number of halogens is 1. The average Bonchev–Trinajstić information content (AvgIpc) is 2.88. The van der Waals surface area contributed by atoms with E-state index in [1.54, 1.807) is 29.2 Å². The van der Waals surface area contributed by atoms with Gasteiger partial charge in [0.2, 0.25) is 0 Å². The number of nitrogens with one attached hydrogen (secondary N) is 1. The molecule has 0 aliphatic carbocycles. The maximum atomic E-state index is 13.1. The number of carbonyl (C=O) groups excluding carboxylic acids is 3. The number of piperidine rings is 1. The van der Waals surface area contributed by atoms with Crippen LogP contribution in [0, 0.1) is 11.7 Å². The standard InChI is InChI=1S/C25H23FN4O3/c26-20-8-6-17(7-9-20)16-29-24(32)21-22(28-13-12-27-21)25(33)30-14-10-19(11-15-30)23(31)18-4-2-1-3-5-18/h1-9,12-13,19H,10-11,14-16H2,(H,29,32). The second kappa shape index (κ2) is 10.1. The Kier molecular flexibility index (Phi) is 6.83. The minimum atomic E-state index is -0.537. The predicted molar refractivity (Wildman–Crippen MR) is 119 cm³/mol. The molecule has 8 heteroatoms. The summed E-state index contributed by atoms with van der Waals surface area (Å²) in [5.74, 6) is -1.34. The molecule has 1 saturated heterocycles. The normalized spacial score (nSPS) is 14.0. The molecule has 33 heavy (non-hydrogen) atoms. The molecule has 0 radical (unpaired) electrons. The Morgan fingerprint density at radius 3 is 2.21 bits per heavy atom. The highest BCUT2D eigenvalue weighted by Gasteiger charge is 2.31. The summed E-state index contributed by atoms with van der Waals surface area (Å²) in [5, 5.41) is 2.69. The van der Waals surface area contributed by atoms with E-state index >= 15 is 0 Å². The van der Waals surface area contributed by atoms with Crippen LogP contribution < -0.4 is 5.32 Å². The Bertz CT molecular complexity index is 1140. The first-order valence-electron chi connectivity index (χ1n) is 10.7. The molecule has 0 unspecified atom stereocenters. The number of likely N-dealkylation sites (tertiary alicyclic amines) is 1. The number of carbonyl (C=O) groups is 3. The van der Waals surface area contributed by atoms with Crippen LogP contribution in [0.4, 0.5) is 4.39 Å². The van der Waals surface area contributed by atoms with E-state index in [1.807, 2.05) is 18.2 Å². The molecular weight excluding hydrogens is 423 g/mol. The van der Waals surface area contributed by atoms with E-state index in [2.05, 4.69) is 15.3 Å². The molecule has 2 heterocycles. The molecule has 1 N–H and O–H groups in total. The molecule has 1 aliphatic rings. The van der Waals surface area contributed by atoms with Crippen molar-refractivity contribution in [2.45, 2.75) is 19.4 Å². The smallest absolute Gasteiger partial charge is 0.274 e. The first kappa shape index (κ1) is 22.3. The number of aromatic nitrogens is 2. The van der Waals surface area contributed by atoms with Crippen LogP contribution in [0.2, 0.25) is 0 Å². The molecule has 168 valence electrons. The zero-order valence-electron chi connectivity index (χ0n) is 17.9. The van der Waals surface area contributed by atoms with Gasteiger partial charge >= 0.3 is 0 Å². The molecule has 0 atom stereocenters. The molecule has 1 aromatic heterocycles. The lowest BCUT2D eigenvalue weighted by Crippen LogP contribution is -2.41. The van der Waals surface area contributed by atoms with E-state index < -0.39 is 5.91 Å². The number of hydrogen-bond donors (Lipinski definition) is 1. The topological polar surface area (TPSA) is 92.3 Å². The molecule has 1 aliphatic heterocycles. The summed E-state index contributed by atoms with van der Waals surface area (Å²) in [5.41, 5.74) is 1.30. The van der Waals surface area contributed by atoms with Crippen LogP contribution in [0.25, 0.3) is 0 Å². The molecule has 0 spiro atoms. The lowest BCUT2D eigenvalue weighted by Gasteiger charge is -2.31. The molecule has 2 amide bonds. The molecule has 3 aromatic rings. The summed E-state index contributed by atoms with van der Waals surface area (Å²) in [6.07, 6.45) is 3.82.